The smallest absolute Gasteiger partial charge is 0.295 e. The van der Waals surface area contributed by atoms with Gasteiger partial charge in [0.25, 0.3) is 11.5 Å². The van der Waals surface area contributed by atoms with Crippen LogP contribution in [0.2, 0.25) is 0 Å². The molecule has 0 aliphatic rings. The minimum absolute atomic E-state index is 0.255. The summed E-state index contributed by atoms with van der Waals surface area (Å²) in [6.45, 7) is 3.44. The Balaban J connectivity index is 1.84. The number of rotatable bonds is 5. The molecule has 1 amide bonds. The number of para-hydroxylation sites is 2. The van der Waals surface area contributed by atoms with Crippen LogP contribution in [0.3, 0.4) is 0 Å². The van der Waals surface area contributed by atoms with Crippen molar-refractivity contribution in [3.63, 3.8) is 0 Å². The number of aromatic nitrogens is 2. The summed E-state index contributed by atoms with van der Waals surface area (Å²) in [5, 5.41) is 2.71. The Morgan fingerprint density at radius 3 is 2.23 bits per heavy atom. The zero-order chi connectivity index (χ0) is 18.7. The van der Waals surface area contributed by atoms with E-state index >= 15 is 0 Å². The maximum absolute atomic E-state index is 12.8. The molecule has 0 saturated heterocycles. The first-order valence-corrected chi connectivity index (χ1v) is 8.35. The van der Waals surface area contributed by atoms with Crippen LogP contribution in [0.25, 0.3) is 5.69 Å². The fourth-order valence-electron chi connectivity index (χ4n) is 2.69. The van der Waals surface area contributed by atoms with Gasteiger partial charge in [-0.1, -0.05) is 36.4 Å². The lowest BCUT2D eigenvalue weighted by Crippen LogP contribution is -2.32. The van der Waals surface area contributed by atoms with Crippen LogP contribution in [0.15, 0.2) is 65.5 Å². The monoisotopic (exact) mass is 351 g/mol. The molecule has 0 spiro atoms. The van der Waals surface area contributed by atoms with Gasteiger partial charge >= 0.3 is 0 Å². The average molecular weight is 351 g/mol. The van der Waals surface area contributed by atoms with E-state index in [4.69, 9.17) is 4.74 Å². The summed E-state index contributed by atoms with van der Waals surface area (Å²) in [5.74, 6) is 0.224. The lowest BCUT2D eigenvalue weighted by atomic mass is 10.3. The second-order valence-electron chi connectivity index (χ2n) is 6.00. The van der Waals surface area contributed by atoms with Crippen LogP contribution < -0.4 is 15.6 Å². The van der Waals surface area contributed by atoms with E-state index in [9.17, 15) is 9.59 Å². The van der Waals surface area contributed by atoms with Crippen molar-refractivity contribution in [3.05, 3.63) is 76.7 Å². The molecule has 0 fully saturated rings. The predicted molar refractivity (Wildman–Crippen MR) is 101 cm³/mol. The summed E-state index contributed by atoms with van der Waals surface area (Å²) in [7, 11) is 1.78. The molecule has 0 bridgehead atoms. The summed E-state index contributed by atoms with van der Waals surface area (Å²) in [5.41, 5.74) is 1.37. The Kier molecular flexibility index (Phi) is 4.93. The average Bonchev–Trinajstić information content (AvgIpc) is 2.86. The summed E-state index contributed by atoms with van der Waals surface area (Å²) in [4.78, 5) is 25.3. The van der Waals surface area contributed by atoms with E-state index in [-0.39, 0.29) is 17.2 Å². The zero-order valence-electron chi connectivity index (χ0n) is 15.0. The molecule has 26 heavy (non-hydrogen) atoms. The molecule has 6 nitrogen and oxygen atoms in total. The van der Waals surface area contributed by atoms with Crippen molar-refractivity contribution in [1.29, 1.82) is 0 Å². The van der Waals surface area contributed by atoms with Gasteiger partial charge in [0.1, 0.15) is 11.4 Å². The van der Waals surface area contributed by atoms with Crippen molar-refractivity contribution in [3.8, 4) is 11.4 Å². The Morgan fingerprint density at radius 2 is 1.62 bits per heavy atom. The van der Waals surface area contributed by atoms with Crippen molar-refractivity contribution in [1.82, 2.24) is 9.36 Å². The van der Waals surface area contributed by atoms with Gasteiger partial charge in [-0.05, 0) is 38.1 Å². The van der Waals surface area contributed by atoms with Gasteiger partial charge < -0.3 is 10.1 Å². The van der Waals surface area contributed by atoms with Gasteiger partial charge in [-0.25, -0.2) is 4.68 Å². The topological polar surface area (TPSA) is 65.3 Å². The number of hydrogen-bond acceptors (Lipinski definition) is 3. The fraction of sp³-hybridized carbons (Fsp3) is 0.200. The summed E-state index contributed by atoms with van der Waals surface area (Å²) >= 11 is 0. The van der Waals surface area contributed by atoms with E-state index in [1.165, 1.54) is 4.68 Å². The lowest BCUT2D eigenvalue weighted by molar-refractivity contribution is -0.122. The number of amides is 1. The van der Waals surface area contributed by atoms with Gasteiger partial charge in [0.2, 0.25) is 0 Å². The van der Waals surface area contributed by atoms with Crippen molar-refractivity contribution < 1.29 is 9.53 Å². The quantitative estimate of drug-likeness (QED) is 0.769. The number of hydrogen-bond donors (Lipinski definition) is 1. The summed E-state index contributed by atoms with van der Waals surface area (Å²) < 4.78 is 8.86. The largest absolute Gasteiger partial charge is 0.481 e. The Bertz CT molecular complexity index is 959. The van der Waals surface area contributed by atoms with Crippen LogP contribution in [0.4, 0.5) is 5.69 Å². The van der Waals surface area contributed by atoms with Gasteiger partial charge in [0.15, 0.2) is 6.10 Å². The number of anilines is 1. The predicted octanol–water partition coefficient (Wildman–Crippen LogP) is 2.89. The molecule has 1 aromatic heterocycles. The highest BCUT2D eigenvalue weighted by Gasteiger charge is 2.21. The van der Waals surface area contributed by atoms with Crippen molar-refractivity contribution >= 4 is 11.6 Å². The summed E-state index contributed by atoms with van der Waals surface area (Å²) in [6.07, 6.45) is -0.735. The van der Waals surface area contributed by atoms with Crippen molar-refractivity contribution in [2.75, 3.05) is 5.32 Å². The summed E-state index contributed by atoms with van der Waals surface area (Å²) in [6, 6.07) is 18.4. The molecule has 0 aliphatic carbocycles. The Hall–Kier alpha value is -3.28. The molecule has 0 aliphatic heterocycles. The zero-order valence-corrected chi connectivity index (χ0v) is 15.0. The fourth-order valence-corrected chi connectivity index (χ4v) is 2.69. The minimum Gasteiger partial charge on any atom is -0.481 e. The number of nitrogens with zero attached hydrogens (tertiary/aromatic N) is 2. The molecule has 0 radical (unpaired) electrons. The number of carbonyl (C=O) groups excluding carboxylic acids is 1. The van der Waals surface area contributed by atoms with E-state index in [2.05, 4.69) is 5.32 Å². The van der Waals surface area contributed by atoms with E-state index in [1.54, 1.807) is 37.7 Å². The number of ether oxygens (including phenoxy) is 1. The maximum Gasteiger partial charge on any atom is 0.295 e. The van der Waals surface area contributed by atoms with E-state index < -0.39 is 6.10 Å². The lowest BCUT2D eigenvalue weighted by Gasteiger charge is -2.14. The second-order valence-corrected chi connectivity index (χ2v) is 6.00. The van der Waals surface area contributed by atoms with Crippen LogP contribution in [0.1, 0.15) is 12.6 Å². The highest BCUT2D eigenvalue weighted by Crippen LogP contribution is 2.16. The van der Waals surface area contributed by atoms with Gasteiger partial charge in [0.05, 0.1) is 11.4 Å². The molecule has 1 N–H and O–H groups in total. The molecular formula is C20H21N3O3. The van der Waals surface area contributed by atoms with Gasteiger partial charge in [-0.15, -0.1) is 0 Å². The molecule has 0 unspecified atom stereocenters. The highest BCUT2D eigenvalue weighted by atomic mass is 16.5. The highest BCUT2D eigenvalue weighted by molar-refractivity contribution is 5.94. The Morgan fingerprint density at radius 1 is 1.04 bits per heavy atom. The van der Waals surface area contributed by atoms with Gasteiger partial charge in [-0.3, -0.25) is 14.3 Å². The molecule has 3 aromatic rings. The Labute approximate surface area is 151 Å². The standard InChI is InChI=1S/C20H21N3O3/c1-14-18(20(25)23(22(14)3)16-10-6-4-7-11-16)21-19(24)15(2)26-17-12-8-5-9-13-17/h4-13,15H,1-3H3,(H,21,24)/t15-/m0/s1. The molecule has 134 valence electrons. The van der Waals surface area contributed by atoms with Crippen LogP contribution in [-0.2, 0) is 11.8 Å². The first-order chi connectivity index (χ1) is 12.5. The molecule has 1 atom stereocenters. The van der Waals surface area contributed by atoms with Crippen LogP contribution >= 0.6 is 0 Å². The normalized spacial score (nSPS) is 11.8. The van der Waals surface area contributed by atoms with E-state index in [0.29, 0.717) is 11.4 Å². The number of benzene rings is 2. The first-order valence-electron chi connectivity index (χ1n) is 8.35. The molecule has 6 heteroatoms. The molecular weight excluding hydrogens is 330 g/mol. The molecule has 2 aromatic carbocycles. The first kappa shape index (κ1) is 17.5. The maximum atomic E-state index is 12.8. The minimum atomic E-state index is -0.735. The second kappa shape index (κ2) is 7.31. The van der Waals surface area contributed by atoms with Gasteiger partial charge in [0, 0.05) is 7.05 Å². The third kappa shape index (κ3) is 3.39. The SMILES string of the molecule is Cc1c(NC(=O)[C@H](C)Oc2ccccc2)c(=O)n(-c2ccccc2)n1C. The number of nitrogens with one attached hydrogen (secondary N) is 1. The van der Waals surface area contributed by atoms with Crippen molar-refractivity contribution in [2.45, 2.75) is 20.0 Å². The van der Waals surface area contributed by atoms with Crippen LogP contribution in [-0.4, -0.2) is 21.4 Å². The third-order valence-corrected chi connectivity index (χ3v) is 4.23. The van der Waals surface area contributed by atoms with E-state index in [0.717, 1.165) is 5.69 Å². The third-order valence-electron chi connectivity index (χ3n) is 4.23. The molecule has 0 saturated carbocycles. The molecule has 1 heterocycles. The van der Waals surface area contributed by atoms with Gasteiger partial charge in [-0.2, -0.15) is 0 Å². The van der Waals surface area contributed by atoms with Crippen LogP contribution in [0, 0.1) is 6.92 Å². The number of carbonyl (C=O) groups is 1. The molecule has 3 rings (SSSR count). The van der Waals surface area contributed by atoms with E-state index in [1.807, 2.05) is 48.5 Å². The van der Waals surface area contributed by atoms with Crippen LogP contribution in [0.5, 0.6) is 5.75 Å². The van der Waals surface area contributed by atoms with Crippen molar-refractivity contribution in [2.24, 2.45) is 7.05 Å².